The molecule has 0 radical (unpaired) electrons. The Balaban J connectivity index is 1.95. The predicted octanol–water partition coefficient (Wildman–Crippen LogP) is 2.26. The molecule has 88 valence electrons. The molecule has 1 saturated carbocycles. The fraction of sp³-hybridized carbons (Fsp3) is 0.667. The molecule has 4 heteroatoms. The third-order valence-electron chi connectivity index (χ3n) is 3.50. The van der Waals surface area contributed by atoms with Crippen LogP contribution < -0.4 is 10.5 Å². The van der Waals surface area contributed by atoms with Crippen LogP contribution in [0.1, 0.15) is 33.1 Å². The van der Waals surface area contributed by atoms with E-state index >= 15 is 0 Å². The van der Waals surface area contributed by atoms with E-state index in [2.05, 4.69) is 23.8 Å². The summed E-state index contributed by atoms with van der Waals surface area (Å²) in [4.78, 5) is 7.91. The van der Waals surface area contributed by atoms with Crippen LogP contribution in [0.4, 0.5) is 5.82 Å². The second kappa shape index (κ2) is 4.68. The van der Waals surface area contributed by atoms with Crippen LogP contribution in [-0.4, -0.2) is 16.1 Å². The lowest BCUT2D eigenvalue weighted by Gasteiger charge is -2.31. The molecule has 16 heavy (non-hydrogen) atoms. The van der Waals surface area contributed by atoms with Gasteiger partial charge in [-0.25, -0.2) is 9.97 Å². The van der Waals surface area contributed by atoms with Gasteiger partial charge < -0.3 is 10.5 Å². The van der Waals surface area contributed by atoms with Gasteiger partial charge in [-0.3, -0.25) is 0 Å². The van der Waals surface area contributed by atoms with Crippen molar-refractivity contribution in [3.05, 3.63) is 12.4 Å². The molecule has 0 bridgehead atoms. The zero-order valence-electron chi connectivity index (χ0n) is 9.89. The molecule has 1 aliphatic rings. The van der Waals surface area contributed by atoms with E-state index in [-0.39, 0.29) is 6.10 Å². The second-order valence-corrected chi connectivity index (χ2v) is 4.79. The van der Waals surface area contributed by atoms with Crippen LogP contribution in [0.3, 0.4) is 0 Å². The zero-order chi connectivity index (χ0) is 11.5. The van der Waals surface area contributed by atoms with Crippen molar-refractivity contribution in [1.82, 2.24) is 9.97 Å². The first-order valence-electron chi connectivity index (χ1n) is 5.89. The van der Waals surface area contributed by atoms with E-state index < -0.39 is 0 Å². The number of rotatable bonds is 2. The maximum Gasteiger partial charge on any atom is 0.218 e. The zero-order valence-corrected chi connectivity index (χ0v) is 9.89. The fourth-order valence-corrected chi connectivity index (χ4v) is 2.19. The summed E-state index contributed by atoms with van der Waals surface area (Å²) in [5.41, 5.74) is 5.58. The lowest BCUT2D eigenvalue weighted by molar-refractivity contribution is 0.0964. The highest BCUT2D eigenvalue weighted by atomic mass is 16.5. The second-order valence-electron chi connectivity index (χ2n) is 4.79. The van der Waals surface area contributed by atoms with E-state index in [9.17, 15) is 0 Å². The van der Waals surface area contributed by atoms with Crippen molar-refractivity contribution in [2.24, 2.45) is 11.8 Å². The van der Waals surface area contributed by atoms with Crippen molar-refractivity contribution in [3.63, 3.8) is 0 Å². The van der Waals surface area contributed by atoms with Crippen molar-refractivity contribution in [2.75, 3.05) is 5.73 Å². The lowest BCUT2D eigenvalue weighted by atomic mass is 9.80. The minimum atomic E-state index is 0.278. The average molecular weight is 221 g/mol. The number of anilines is 1. The minimum Gasteiger partial charge on any atom is -0.474 e. The molecule has 0 aliphatic heterocycles. The van der Waals surface area contributed by atoms with Gasteiger partial charge in [-0.2, -0.15) is 0 Å². The Labute approximate surface area is 96.2 Å². The quantitative estimate of drug-likeness (QED) is 0.832. The van der Waals surface area contributed by atoms with Crippen LogP contribution >= 0.6 is 0 Å². The summed E-state index contributed by atoms with van der Waals surface area (Å²) < 4.78 is 5.82. The Hall–Kier alpha value is -1.32. The number of ether oxygens (including phenoxy) is 1. The molecule has 0 aromatic carbocycles. The monoisotopic (exact) mass is 221 g/mol. The molecule has 1 aromatic rings. The van der Waals surface area contributed by atoms with E-state index in [1.807, 2.05) is 0 Å². The molecule has 4 nitrogen and oxygen atoms in total. The molecule has 2 N–H and O–H groups in total. The average Bonchev–Trinajstić information content (AvgIpc) is 2.24. The van der Waals surface area contributed by atoms with Crippen molar-refractivity contribution >= 4 is 5.82 Å². The molecule has 1 aromatic heterocycles. The van der Waals surface area contributed by atoms with E-state index in [1.165, 1.54) is 12.7 Å². The number of nitrogen functional groups attached to an aromatic ring is 1. The Morgan fingerprint density at radius 1 is 1.25 bits per heavy atom. The highest BCUT2D eigenvalue weighted by Crippen LogP contribution is 2.31. The Morgan fingerprint density at radius 3 is 2.75 bits per heavy atom. The summed E-state index contributed by atoms with van der Waals surface area (Å²) in [5, 5.41) is 0. The molecule has 0 saturated heterocycles. The van der Waals surface area contributed by atoms with Gasteiger partial charge >= 0.3 is 0 Å². The van der Waals surface area contributed by atoms with Gasteiger partial charge in [-0.1, -0.05) is 13.8 Å². The third-order valence-corrected chi connectivity index (χ3v) is 3.50. The number of hydrogen-bond acceptors (Lipinski definition) is 4. The van der Waals surface area contributed by atoms with E-state index in [0.717, 1.165) is 24.7 Å². The molecule has 1 aliphatic carbocycles. The Morgan fingerprint density at radius 2 is 2.06 bits per heavy atom. The summed E-state index contributed by atoms with van der Waals surface area (Å²) in [6.45, 7) is 4.60. The van der Waals surface area contributed by atoms with Gasteiger partial charge in [-0.15, -0.1) is 0 Å². The first-order chi connectivity index (χ1) is 7.65. The van der Waals surface area contributed by atoms with Crippen LogP contribution in [0.15, 0.2) is 12.4 Å². The summed E-state index contributed by atoms with van der Waals surface area (Å²) >= 11 is 0. The Kier molecular flexibility index (Phi) is 3.27. The van der Waals surface area contributed by atoms with Crippen LogP contribution in [0.25, 0.3) is 0 Å². The largest absolute Gasteiger partial charge is 0.474 e. The third kappa shape index (κ3) is 2.62. The van der Waals surface area contributed by atoms with E-state index in [0.29, 0.717) is 11.7 Å². The smallest absolute Gasteiger partial charge is 0.218 e. The molecule has 0 amide bonds. The highest BCUT2D eigenvalue weighted by molar-refractivity contribution is 5.30. The minimum absolute atomic E-state index is 0.278. The van der Waals surface area contributed by atoms with Crippen molar-refractivity contribution < 1.29 is 4.74 Å². The van der Waals surface area contributed by atoms with Crippen LogP contribution in [0.5, 0.6) is 5.88 Å². The van der Waals surface area contributed by atoms with E-state index in [4.69, 9.17) is 10.5 Å². The van der Waals surface area contributed by atoms with Gasteiger partial charge in [0, 0.05) is 6.07 Å². The summed E-state index contributed by atoms with van der Waals surface area (Å²) in [6.07, 6.45) is 5.16. The van der Waals surface area contributed by atoms with Gasteiger partial charge in [0.1, 0.15) is 18.2 Å². The number of hydrogen-bond donors (Lipinski definition) is 1. The SMILES string of the molecule is CC1CCC(Oc2cc(N)ncn2)CC1C. The van der Waals surface area contributed by atoms with Crippen molar-refractivity contribution in [1.29, 1.82) is 0 Å². The van der Waals surface area contributed by atoms with Gasteiger partial charge in [0.05, 0.1) is 0 Å². The van der Waals surface area contributed by atoms with Crippen LogP contribution in [0, 0.1) is 11.8 Å². The number of aromatic nitrogens is 2. The lowest BCUT2D eigenvalue weighted by Crippen LogP contribution is -2.29. The van der Waals surface area contributed by atoms with Crippen molar-refractivity contribution in [3.8, 4) is 5.88 Å². The van der Waals surface area contributed by atoms with Gasteiger partial charge in [-0.05, 0) is 31.1 Å². The normalized spacial score (nSPS) is 30.0. The van der Waals surface area contributed by atoms with Gasteiger partial charge in [0.2, 0.25) is 5.88 Å². The molecule has 2 rings (SSSR count). The first-order valence-corrected chi connectivity index (χ1v) is 5.89. The van der Waals surface area contributed by atoms with Crippen LogP contribution in [-0.2, 0) is 0 Å². The topological polar surface area (TPSA) is 61.0 Å². The fourth-order valence-electron chi connectivity index (χ4n) is 2.19. The molecular weight excluding hydrogens is 202 g/mol. The number of nitrogens with two attached hydrogens (primary N) is 1. The standard InChI is InChI=1S/C12H19N3O/c1-8-3-4-10(5-9(8)2)16-12-6-11(13)14-7-15-12/h6-10H,3-5H2,1-2H3,(H2,13,14,15). The highest BCUT2D eigenvalue weighted by Gasteiger charge is 2.25. The molecule has 1 fully saturated rings. The predicted molar refractivity (Wildman–Crippen MR) is 63.0 cm³/mol. The molecule has 0 spiro atoms. The van der Waals surface area contributed by atoms with Gasteiger partial charge in [0.15, 0.2) is 0 Å². The van der Waals surface area contributed by atoms with E-state index in [1.54, 1.807) is 6.07 Å². The maximum absolute atomic E-state index is 5.82. The summed E-state index contributed by atoms with van der Waals surface area (Å²) in [6, 6.07) is 1.68. The van der Waals surface area contributed by atoms with Gasteiger partial charge in [0.25, 0.3) is 0 Å². The molecule has 3 unspecified atom stereocenters. The molecule has 1 heterocycles. The Bertz CT molecular complexity index is 356. The molecular formula is C12H19N3O. The van der Waals surface area contributed by atoms with Crippen molar-refractivity contribution in [2.45, 2.75) is 39.2 Å². The maximum atomic E-state index is 5.82. The molecule has 3 atom stereocenters. The summed E-state index contributed by atoms with van der Waals surface area (Å²) in [7, 11) is 0. The number of nitrogens with zero attached hydrogens (tertiary/aromatic N) is 2. The van der Waals surface area contributed by atoms with Crippen LogP contribution in [0.2, 0.25) is 0 Å². The first kappa shape index (κ1) is 11.2. The summed E-state index contributed by atoms with van der Waals surface area (Å²) in [5.74, 6) is 2.58.